The Bertz CT molecular complexity index is 680. The molecule has 0 fully saturated rings. The molecule has 2 rings (SSSR count). The van der Waals surface area contributed by atoms with Gasteiger partial charge in [-0.05, 0) is 60.5 Å². The van der Waals surface area contributed by atoms with E-state index in [2.05, 4.69) is 21.0 Å². The number of nitrogen functional groups attached to an aromatic ring is 1. The van der Waals surface area contributed by atoms with Crippen LogP contribution in [0.5, 0.6) is 0 Å². The monoisotopic (exact) mass is 351 g/mol. The Morgan fingerprint density at radius 2 is 2.14 bits per heavy atom. The van der Waals surface area contributed by atoms with Gasteiger partial charge in [0.25, 0.3) is 0 Å². The molecule has 0 saturated heterocycles. The first-order valence-corrected chi connectivity index (χ1v) is 7.48. The number of ether oxygens (including phenoxy) is 1. The van der Waals surface area contributed by atoms with E-state index in [-0.39, 0.29) is 12.6 Å². The highest BCUT2D eigenvalue weighted by Gasteiger charge is 2.16. The Morgan fingerprint density at radius 3 is 2.76 bits per heavy atom. The van der Waals surface area contributed by atoms with Crippen molar-refractivity contribution < 1.29 is 9.53 Å². The summed E-state index contributed by atoms with van der Waals surface area (Å²) < 4.78 is 8.10. The van der Waals surface area contributed by atoms with Crippen molar-refractivity contribution in [3.63, 3.8) is 0 Å². The number of aryl methyl sites for hydroxylation is 3. The first-order valence-electron chi connectivity index (χ1n) is 6.69. The maximum atomic E-state index is 12.2. The molecule has 0 atom stereocenters. The molecule has 0 saturated carbocycles. The molecule has 2 N–H and O–H groups in total. The van der Waals surface area contributed by atoms with Gasteiger partial charge in [0.1, 0.15) is 6.61 Å². The van der Waals surface area contributed by atoms with Crippen LogP contribution in [0.2, 0.25) is 0 Å². The van der Waals surface area contributed by atoms with Gasteiger partial charge in [-0.25, -0.2) is 4.79 Å². The average Bonchev–Trinajstić information content (AvgIpc) is 2.71. The maximum absolute atomic E-state index is 12.2. The van der Waals surface area contributed by atoms with E-state index in [1.165, 1.54) is 0 Å². The fourth-order valence-electron chi connectivity index (χ4n) is 2.13. The van der Waals surface area contributed by atoms with Crippen molar-refractivity contribution in [1.82, 2.24) is 9.78 Å². The van der Waals surface area contributed by atoms with Crippen LogP contribution in [0, 0.1) is 13.8 Å². The van der Waals surface area contributed by atoms with Gasteiger partial charge >= 0.3 is 5.97 Å². The van der Waals surface area contributed by atoms with Crippen molar-refractivity contribution >= 4 is 27.6 Å². The molecule has 5 nitrogen and oxygen atoms in total. The van der Waals surface area contributed by atoms with Crippen LogP contribution >= 0.6 is 15.9 Å². The third-order valence-electron chi connectivity index (χ3n) is 3.26. The molecule has 0 aliphatic rings. The molecule has 112 valence electrons. The Kier molecular flexibility index (Phi) is 4.67. The van der Waals surface area contributed by atoms with Crippen molar-refractivity contribution in [3.8, 4) is 0 Å². The van der Waals surface area contributed by atoms with Gasteiger partial charge in [0.2, 0.25) is 0 Å². The van der Waals surface area contributed by atoms with Crippen LogP contribution in [0.4, 0.5) is 5.69 Å². The summed E-state index contributed by atoms with van der Waals surface area (Å²) in [5.74, 6) is -0.360. The summed E-state index contributed by atoms with van der Waals surface area (Å²) in [6.07, 6.45) is 0. The Hall–Kier alpha value is -1.82. The third-order valence-corrected chi connectivity index (χ3v) is 4.29. The van der Waals surface area contributed by atoms with Crippen molar-refractivity contribution in [1.29, 1.82) is 0 Å². The van der Waals surface area contributed by atoms with E-state index < -0.39 is 0 Å². The molecule has 0 aliphatic carbocycles. The average molecular weight is 352 g/mol. The number of benzene rings is 1. The van der Waals surface area contributed by atoms with Gasteiger partial charge in [0.15, 0.2) is 0 Å². The molecule has 0 bridgehead atoms. The third kappa shape index (κ3) is 3.26. The van der Waals surface area contributed by atoms with E-state index in [9.17, 15) is 4.79 Å². The minimum absolute atomic E-state index is 0.178. The molecule has 0 spiro atoms. The number of esters is 1. The highest BCUT2D eigenvalue weighted by Crippen LogP contribution is 2.22. The number of aromatic nitrogens is 2. The van der Waals surface area contributed by atoms with Gasteiger partial charge in [-0.1, -0.05) is 0 Å². The minimum atomic E-state index is -0.360. The van der Waals surface area contributed by atoms with Gasteiger partial charge < -0.3 is 10.5 Å². The number of halogens is 1. The lowest BCUT2D eigenvalue weighted by atomic mass is 10.1. The van der Waals surface area contributed by atoms with Crippen LogP contribution in [0.15, 0.2) is 22.7 Å². The molecule has 0 aliphatic heterocycles. The number of rotatable bonds is 4. The predicted molar refractivity (Wildman–Crippen MR) is 85.0 cm³/mol. The van der Waals surface area contributed by atoms with Crippen molar-refractivity contribution in [2.75, 3.05) is 5.73 Å². The van der Waals surface area contributed by atoms with Gasteiger partial charge in [-0.2, -0.15) is 5.10 Å². The Balaban J connectivity index is 2.14. The summed E-state index contributed by atoms with van der Waals surface area (Å²) in [5.41, 5.74) is 9.39. The molecule has 1 aromatic carbocycles. The Morgan fingerprint density at radius 1 is 1.43 bits per heavy atom. The van der Waals surface area contributed by atoms with Gasteiger partial charge in [0, 0.05) is 12.2 Å². The van der Waals surface area contributed by atoms with Crippen LogP contribution in [-0.2, 0) is 17.9 Å². The molecule has 1 heterocycles. The molecule has 0 unspecified atom stereocenters. The fraction of sp³-hybridized carbons (Fsp3) is 0.333. The number of nitrogens with two attached hydrogens (primary N) is 1. The SMILES string of the molecule is CCn1nc(C)c(Br)c1COC(=O)c1ccc(N)cc1C. The molecule has 1 aromatic heterocycles. The number of carbonyl (C=O) groups excluding carboxylic acids is 1. The fourth-order valence-corrected chi connectivity index (χ4v) is 2.53. The normalized spacial score (nSPS) is 10.7. The van der Waals surface area contributed by atoms with Gasteiger partial charge in [0.05, 0.1) is 21.4 Å². The standard InChI is InChI=1S/C15H18BrN3O2/c1-4-19-13(14(16)10(3)18-19)8-21-15(20)12-6-5-11(17)7-9(12)2/h5-7H,4,8,17H2,1-3H3. The van der Waals surface area contributed by atoms with Crippen LogP contribution < -0.4 is 5.73 Å². The van der Waals surface area contributed by atoms with Crippen LogP contribution in [-0.4, -0.2) is 15.7 Å². The summed E-state index contributed by atoms with van der Waals surface area (Å²) in [6, 6.07) is 5.14. The summed E-state index contributed by atoms with van der Waals surface area (Å²) in [7, 11) is 0. The summed E-state index contributed by atoms with van der Waals surface area (Å²) in [6.45, 7) is 6.64. The lowest BCUT2D eigenvalue weighted by Crippen LogP contribution is -2.11. The summed E-state index contributed by atoms with van der Waals surface area (Å²) in [4.78, 5) is 12.2. The second-order valence-corrected chi connectivity index (χ2v) is 5.61. The van der Waals surface area contributed by atoms with Crippen LogP contribution in [0.25, 0.3) is 0 Å². The zero-order chi connectivity index (χ0) is 15.6. The summed E-state index contributed by atoms with van der Waals surface area (Å²) >= 11 is 3.48. The number of nitrogens with zero attached hydrogens (tertiary/aromatic N) is 2. The topological polar surface area (TPSA) is 70.1 Å². The Labute approximate surface area is 132 Å². The lowest BCUT2D eigenvalue weighted by molar-refractivity contribution is 0.0460. The van der Waals surface area contributed by atoms with E-state index in [0.29, 0.717) is 11.3 Å². The smallest absolute Gasteiger partial charge is 0.338 e. The van der Waals surface area contributed by atoms with Crippen molar-refractivity contribution in [2.24, 2.45) is 0 Å². The van der Waals surface area contributed by atoms with Gasteiger partial charge in [-0.15, -0.1) is 0 Å². The van der Waals surface area contributed by atoms with E-state index in [1.807, 2.05) is 25.5 Å². The predicted octanol–water partition coefficient (Wildman–Crippen LogP) is 3.22. The van der Waals surface area contributed by atoms with E-state index >= 15 is 0 Å². The first-order chi connectivity index (χ1) is 9.93. The van der Waals surface area contributed by atoms with Gasteiger partial charge in [-0.3, -0.25) is 4.68 Å². The van der Waals surface area contributed by atoms with E-state index in [1.54, 1.807) is 18.2 Å². The van der Waals surface area contributed by atoms with Crippen molar-refractivity contribution in [3.05, 3.63) is 45.2 Å². The largest absolute Gasteiger partial charge is 0.456 e. The molecule has 6 heteroatoms. The second-order valence-electron chi connectivity index (χ2n) is 4.81. The molecule has 21 heavy (non-hydrogen) atoms. The molecular weight excluding hydrogens is 334 g/mol. The first kappa shape index (κ1) is 15.6. The quantitative estimate of drug-likeness (QED) is 0.678. The minimum Gasteiger partial charge on any atom is -0.456 e. The van der Waals surface area contributed by atoms with E-state index in [4.69, 9.17) is 10.5 Å². The number of hydrogen-bond acceptors (Lipinski definition) is 4. The lowest BCUT2D eigenvalue weighted by Gasteiger charge is -2.09. The highest BCUT2D eigenvalue weighted by molar-refractivity contribution is 9.10. The van der Waals surface area contributed by atoms with Crippen LogP contribution in [0.1, 0.15) is 34.2 Å². The highest BCUT2D eigenvalue weighted by atomic mass is 79.9. The van der Waals surface area contributed by atoms with Crippen LogP contribution in [0.3, 0.4) is 0 Å². The molecule has 0 amide bonds. The summed E-state index contributed by atoms with van der Waals surface area (Å²) in [5, 5.41) is 4.37. The zero-order valence-electron chi connectivity index (χ0n) is 12.3. The van der Waals surface area contributed by atoms with Crippen molar-refractivity contribution in [2.45, 2.75) is 33.9 Å². The number of carbonyl (C=O) groups is 1. The van der Waals surface area contributed by atoms with E-state index in [0.717, 1.165) is 28.0 Å². The maximum Gasteiger partial charge on any atom is 0.338 e. The molecule has 0 radical (unpaired) electrons. The zero-order valence-corrected chi connectivity index (χ0v) is 13.9. The molecular formula is C15H18BrN3O2. The second kappa shape index (κ2) is 6.30. The molecule has 2 aromatic rings. The number of anilines is 1. The number of hydrogen-bond donors (Lipinski definition) is 1.